The van der Waals surface area contributed by atoms with Gasteiger partial charge in [-0.05, 0) is 20.4 Å². The van der Waals surface area contributed by atoms with Crippen molar-refractivity contribution in [3.63, 3.8) is 0 Å². The summed E-state index contributed by atoms with van der Waals surface area (Å²) < 4.78 is 0. The molecule has 1 aliphatic rings. The van der Waals surface area contributed by atoms with Crippen molar-refractivity contribution in [3.05, 3.63) is 10.6 Å². The average Bonchev–Trinajstić information content (AvgIpc) is 2.75. The van der Waals surface area contributed by atoms with E-state index in [0.29, 0.717) is 6.04 Å². The summed E-state index contributed by atoms with van der Waals surface area (Å²) >= 11 is 1.64. The molecule has 0 bridgehead atoms. The van der Waals surface area contributed by atoms with Crippen molar-refractivity contribution >= 4 is 16.5 Å². The third kappa shape index (κ3) is 2.61. The maximum absolute atomic E-state index is 9.30. The minimum atomic E-state index is 0.115. The number of thiazole rings is 1. The van der Waals surface area contributed by atoms with Gasteiger partial charge in [0.05, 0.1) is 17.2 Å². The molecule has 1 fully saturated rings. The summed E-state index contributed by atoms with van der Waals surface area (Å²) in [6, 6.07) is 0.565. The SMILES string of the molecule is CCc1nc(N2CCN(C)C(C)C2)sc1CO. The summed E-state index contributed by atoms with van der Waals surface area (Å²) in [4.78, 5) is 10.4. The van der Waals surface area contributed by atoms with Crippen molar-refractivity contribution in [3.8, 4) is 0 Å². The van der Waals surface area contributed by atoms with Crippen molar-refractivity contribution in [1.29, 1.82) is 0 Å². The zero-order chi connectivity index (χ0) is 12.4. The first-order chi connectivity index (χ1) is 8.15. The second kappa shape index (κ2) is 5.33. The van der Waals surface area contributed by atoms with Crippen LogP contribution in [0.15, 0.2) is 0 Å². The Hall–Kier alpha value is -0.650. The minimum absolute atomic E-state index is 0.115. The maximum atomic E-state index is 9.30. The second-order valence-corrected chi connectivity index (χ2v) is 5.72. The van der Waals surface area contributed by atoms with Crippen LogP contribution in [0.5, 0.6) is 0 Å². The molecule has 1 saturated heterocycles. The number of hydrogen-bond acceptors (Lipinski definition) is 5. The Labute approximate surface area is 107 Å². The monoisotopic (exact) mass is 255 g/mol. The summed E-state index contributed by atoms with van der Waals surface area (Å²) in [5, 5.41) is 10.4. The van der Waals surface area contributed by atoms with E-state index in [0.717, 1.165) is 41.8 Å². The van der Waals surface area contributed by atoms with Crippen LogP contribution in [0.3, 0.4) is 0 Å². The zero-order valence-electron chi connectivity index (χ0n) is 10.8. The van der Waals surface area contributed by atoms with E-state index in [1.165, 1.54) is 0 Å². The Morgan fingerprint density at radius 1 is 1.47 bits per heavy atom. The number of anilines is 1. The van der Waals surface area contributed by atoms with E-state index in [1.807, 2.05) is 0 Å². The van der Waals surface area contributed by atoms with Gasteiger partial charge in [0.1, 0.15) is 0 Å². The number of piperazine rings is 1. The van der Waals surface area contributed by atoms with Gasteiger partial charge in [0.25, 0.3) is 0 Å². The van der Waals surface area contributed by atoms with Gasteiger partial charge in [-0.2, -0.15) is 0 Å². The van der Waals surface area contributed by atoms with E-state index < -0.39 is 0 Å². The molecule has 0 radical (unpaired) electrons. The van der Waals surface area contributed by atoms with Crippen molar-refractivity contribution in [1.82, 2.24) is 9.88 Å². The third-order valence-corrected chi connectivity index (χ3v) is 4.62. The number of aryl methyl sites for hydroxylation is 1. The second-order valence-electron chi connectivity index (χ2n) is 4.65. The smallest absolute Gasteiger partial charge is 0.185 e. The molecule has 1 aromatic rings. The van der Waals surface area contributed by atoms with Gasteiger partial charge in [0, 0.05) is 25.7 Å². The minimum Gasteiger partial charge on any atom is -0.391 e. The lowest BCUT2D eigenvalue weighted by Gasteiger charge is -2.37. The molecule has 0 spiro atoms. The highest BCUT2D eigenvalue weighted by Crippen LogP contribution is 2.28. The maximum Gasteiger partial charge on any atom is 0.185 e. The number of nitrogens with zero attached hydrogens (tertiary/aromatic N) is 3. The van der Waals surface area contributed by atoms with Gasteiger partial charge in [-0.25, -0.2) is 4.98 Å². The summed E-state index contributed by atoms with van der Waals surface area (Å²) in [5.41, 5.74) is 1.05. The Morgan fingerprint density at radius 3 is 2.76 bits per heavy atom. The van der Waals surface area contributed by atoms with Gasteiger partial charge in [-0.3, -0.25) is 0 Å². The standard InChI is InChI=1S/C12H21N3OS/c1-4-10-11(8-16)17-12(13-10)15-6-5-14(3)9(2)7-15/h9,16H,4-8H2,1-3H3. The largest absolute Gasteiger partial charge is 0.391 e. The van der Waals surface area contributed by atoms with Crippen LogP contribution in [-0.2, 0) is 13.0 Å². The molecule has 1 unspecified atom stereocenters. The highest BCUT2D eigenvalue weighted by Gasteiger charge is 2.23. The number of aliphatic hydroxyl groups excluding tert-OH is 1. The van der Waals surface area contributed by atoms with E-state index in [2.05, 4.69) is 35.7 Å². The number of aliphatic hydroxyl groups is 1. The molecule has 0 aromatic carbocycles. The van der Waals surface area contributed by atoms with Gasteiger partial charge >= 0.3 is 0 Å². The van der Waals surface area contributed by atoms with Crippen molar-refractivity contribution in [2.45, 2.75) is 32.9 Å². The highest BCUT2D eigenvalue weighted by molar-refractivity contribution is 7.15. The number of hydrogen-bond donors (Lipinski definition) is 1. The number of likely N-dealkylation sites (N-methyl/N-ethyl adjacent to an activating group) is 1. The Bertz CT molecular complexity index is 358. The molecule has 1 aromatic heterocycles. The molecule has 4 nitrogen and oxygen atoms in total. The highest BCUT2D eigenvalue weighted by atomic mass is 32.1. The van der Waals surface area contributed by atoms with E-state index >= 15 is 0 Å². The molecule has 0 amide bonds. The first-order valence-corrected chi connectivity index (χ1v) is 7.02. The van der Waals surface area contributed by atoms with Gasteiger partial charge in [-0.1, -0.05) is 18.3 Å². The Kier molecular flexibility index (Phi) is 4.01. The predicted octanol–water partition coefficient (Wildman–Crippen LogP) is 1.34. The van der Waals surface area contributed by atoms with E-state index in [9.17, 15) is 5.11 Å². The topological polar surface area (TPSA) is 39.6 Å². The molecule has 1 N–H and O–H groups in total. The van der Waals surface area contributed by atoms with E-state index in [1.54, 1.807) is 11.3 Å². The molecule has 1 aliphatic heterocycles. The fraction of sp³-hybridized carbons (Fsp3) is 0.750. The van der Waals surface area contributed by atoms with Crippen molar-refractivity contribution < 1.29 is 5.11 Å². The van der Waals surface area contributed by atoms with Crippen LogP contribution >= 0.6 is 11.3 Å². The van der Waals surface area contributed by atoms with Crippen molar-refractivity contribution in [2.24, 2.45) is 0 Å². The van der Waals surface area contributed by atoms with Gasteiger partial charge in [-0.15, -0.1) is 0 Å². The summed E-state index contributed by atoms with van der Waals surface area (Å²) in [6.45, 7) is 7.58. The van der Waals surface area contributed by atoms with E-state index in [4.69, 9.17) is 0 Å². The van der Waals surface area contributed by atoms with Crippen LogP contribution in [0, 0.1) is 0 Å². The molecule has 1 atom stereocenters. The Balaban J connectivity index is 2.14. The number of rotatable bonds is 3. The quantitative estimate of drug-likeness (QED) is 0.885. The normalized spacial score (nSPS) is 22.1. The van der Waals surface area contributed by atoms with E-state index in [-0.39, 0.29) is 6.61 Å². The van der Waals surface area contributed by atoms with Crippen LogP contribution in [0.4, 0.5) is 5.13 Å². The third-order valence-electron chi connectivity index (χ3n) is 3.48. The van der Waals surface area contributed by atoms with Crippen LogP contribution in [-0.4, -0.2) is 47.7 Å². The lowest BCUT2D eigenvalue weighted by atomic mass is 10.2. The fourth-order valence-electron chi connectivity index (χ4n) is 2.13. The summed E-state index contributed by atoms with van der Waals surface area (Å²) in [5.74, 6) is 0. The molecule has 0 aliphatic carbocycles. The van der Waals surface area contributed by atoms with Gasteiger partial charge in [0.2, 0.25) is 0 Å². The first-order valence-electron chi connectivity index (χ1n) is 6.20. The van der Waals surface area contributed by atoms with Crippen LogP contribution in [0.2, 0.25) is 0 Å². The molecule has 5 heteroatoms. The van der Waals surface area contributed by atoms with Crippen molar-refractivity contribution in [2.75, 3.05) is 31.6 Å². The summed E-state index contributed by atoms with van der Waals surface area (Å²) in [7, 11) is 2.17. The fourth-order valence-corrected chi connectivity index (χ4v) is 3.17. The molecule has 2 rings (SSSR count). The molecule has 2 heterocycles. The first kappa shape index (κ1) is 12.8. The Morgan fingerprint density at radius 2 is 2.24 bits per heavy atom. The average molecular weight is 255 g/mol. The van der Waals surface area contributed by atoms with Crippen LogP contribution in [0.25, 0.3) is 0 Å². The van der Waals surface area contributed by atoms with Gasteiger partial charge in [0.15, 0.2) is 5.13 Å². The van der Waals surface area contributed by atoms with Crippen LogP contribution in [0.1, 0.15) is 24.4 Å². The lowest BCUT2D eigenvalue weighted by molar-refractivity contribution is 0.234. The zero-order valence-corrected chi connectivity index (χ0v) is 11.6. The molecule has 0 saturated carbocycles. The van der Waals surface area contributed by atoms with Gasteiger partial charge < -0.3 is 14.9 Å². The molecular formula is C12H21N3OS. The molecule has 96 valence electrons. The lowest BCUT2D eigenvalue weighted by Crippen LogP contribution is -2.50. The molecule has 17 heavy (non-hydrogen) atoms. The summed E-state index contributed by atoms with van der Waals surface area (Å²) in [6.07, 6.45) is 0.899. The molecular weight excluding hydrogens is 234 g/mol. The number of aromatic nitrogens is 1. The van der Waals surface area contributed by atoms with Crippen LogP contribution < -0.4 is 4.90 Å². The predicted molar refractivity (Wildman–Crippen MR) is 71.7 cm³/mol.